The van der Waals surface area contributed by atoms with Crippen LogP contribution in [-0.4, -0.2) is 85.3 Å². The summed E-state index contributed by atoms with van der Waals surface area (Å²) in [5.41, 5.74) is 1.28. The van der Waals surface area contributed by atoms with Gasteiger partial charge in [0.2, 0.25) is 5.91 Å². The molecule has 2 aromatic rings. The SMILES string of the molecule is CCOC(=O)N1CCN(C(=O)CSc2ncnc3c2nnn3CC)CC1. The Kier molecular flexibility index (Phi) is 5.86. The predicted molar refractivity (Wildman–Crippen MR) is 94.7 cm³/mol. The Hall–Kier alpha value is -2.43. The van der Waals surface area contributed by atoms with Crippen molar-refractivity contribution in [2.45, 2.75) is 25.4 Å². The van der Waals surface area contributed by atoms with E-state index in [1.54, 1.807) is 21.4 Å². The van der Waals surface area contributed by atoms with E-state index in [1.165, 1.54) is 18.1 Å². The third-order valence-electron chi connectivity index (χ3n) is 4.06. The highest BCUT2D eigenvalue weighted by atomic mass is 32.2. The predicted octanol–water partition coefficient (Wildman–Crippen LogP) is 0.634. The van der Waals surface area contributed by atoms with Crippen molar-refractivity contribution >= 4 is 34.9 Å². The molecule has 0 bridgehead atoms. The molecule has 0 spiro atoms. The number of thioether (sulfide) groups is 1. The van der Waals surface area contributed by atoms with Crippen LogP contribution in [0.2, 0.25) is 0 Å². The molecule has 2 aromatic heterocycles. The van der Waals surface area contributed by atoms with E-state index in [9.17, 15) is 9.59 Å². The fourth-order valence-electron chi connectivity index (χ4n) is 2.66. The van der Waals surface area contributed by atoms with Crippen molar-refractivity contribution in [1.82, 2.24) is 34.8 Å². The molecule has 0 unspecified atom stereocenters. The highest BCUT2D eigenvalue weighted by Gasteiger charge is 2.25. The quantitative estimate of drug-likeness (QED) is 0.550. The van der Waals surface area contributed by atoms with Gasteiger partial charge in [0, 0.05) is 32.7 Å². The lowest BCUT2D eigenvalue weighted by Crippen LogP contribution is -2.51. The Balaban J connectivity index is 1.55. The molecule has 0 atom stereocenters. The van der Waals surface area contributed by atoms with Crippen molar-refractivity contribution < 1.29 is 14.3 Å². The molecule has 1 aliphatic rings. The van der Waals surface area contributed by atoms with Crippen molar-refractivity contribution in [2.75, 3.05) is 38.5 Å². The average molecular weight is 379 g/mol. The van der Waals surface area contributed by atoms with Crippen LogP contribution in [-0.2, 0) is 16.1 Å². The molecule has 0 radical (unpaired) electrons. The van der Waals surface area contributed by atoms with Crippen LogP contribution in [0.4, 0.5) is 4.79 Å². The van der Waals surface area contributed by atoms with Crippen LogP contribution < -0.4 is 0 Å². The Morgan fingerprint density at radius 3 is 2.58 bits per heavy atom. The van der Waals surface area contributed by atoms with Crippen LogP contribution in [0.25, 0.3) is 11.2 Å². The molecule has 140 valence electrons. The van der Waals surface area contributed by atoms with Gasteiger partial charge < -0.3 is 14.5 Å². The normalized spacial score (nSPS) is 14.7. The fraction of sp³-hybridized carbons (Fsp3) is 0.600. The number of ether oxygens (including phenoxy) is 1. The number of amides is 2. The first-order chi connectivity index (χ1) is 12.6. The summed E-state index contributed by atoms with van der Waals surface area (Å²) in [5, 5.41) is 8.79. The van der Waals surface area contributed by atoms with Crippen molar-refractivity contribution in [3.8, 4) is 0 Å². The number of hydrogen-bond donors (Lipinski definition) is 0. The van der Waals surface area contributed by atoms with Crippen LogP contribution in [0, 0.1) is 0 Å². The summed E-state index contributed by atoms with van der Waals surface area (Å²) < 4.78 is 6.68. The van der Waals surface area contributed by atoms with Gasteiger partial charge in [-0.15, -0.1) is 5.10 Å². The van der Waals surface area contributed by atoms with Gasteiger partial charge in [0.05, 0.1) is 12.4 Å². The van der Waals surface area contributed by atoms with Crippen LogP contribution in [0.3, 0.4) is 0 Å². The van der Waals surface area contributed by atoms with E-state index in [1.807, 2.05) is 6.92 Å². The Bertz CT molecular complexity index is 789. The van der Waals surface area contributed by atoms with Gasteiger partial charge in [-0.25, -0.2) is 19.4 Å². The molecular weight excluding hydrogens is 358 g/mol. The maximum Gasteiger partial charge on any atom is 0.409 e. The summed E-state index contributed by atoms with van der Waals surface area (Å²) >= 11 is 1.33. The summed E-state index contributed by atoms with van der Waals surface area (Å²) in [7, 11) is 0. The highest BCUT2D eigenvalue weighted by Crippen LogP contribution is 2.22. The lowest BCUT2D eigenvalue weighted by Gasteiger charge is -2.34. The van der Waals surface area contributed by atoms with E-state index in [-0.39, 0.29) is 17.8 Å². The molecule has 1 fully saturated rings. The fourth-order valence-corrected chi connectivity index (χ4v) is 3.50. The van der Waals surface area contributed by atoms with E-state index in [0.717, 1.165) is 0 Å². The van der Waals surface area contributed by atoms with E-state index in [4.69, 9.17) is 4.74 Å². The van der Waals surface area contributed by atoms with Gasteiger partial charge in [-0.2, -0.15) is 0 Å². The minimum absolute atomic E-state index is 0.00755. The van der Waals surface area contributed by atoms with E-state index < -0.39 is 0 Å². The summed E-state index contributed by atoms with van der Waals surface area (Å²) in [5.74, 6) is 0.262. The molecule has 26 heavy (non-hydrogen) atoms. The van der Waals surface area contributed by atoms with Crippen molar-refractivity contribution in [3.05, 3.63) is 6.33 Å². The zero-order valence-electron chi connectivity index (χ0n) is 14.8. The smallest absolute Gasteiger partial charge is 0.409 e. The molecular formula is C15H21N7O3S. The lowest BCUT2D eigenvalue weighted by molar-refractivity contribution is -0.129. The summed E-state index contributed by atoms with van der Waals surface area (Å²) in [6, 6.07) is 0. The number of hydrogen-bond acceptors (Lipinski definition) is 8. The number of piperazine rings is 1. The molecule has 3 rings (SSSR count). The van der Waals surface area contributed by atoms with Crippen LogP contribution in [0.5, 0.6) is 0 Å². The Morgan fingerprint density at radius 2 is 1.88 bits per heavy atom. The minimum Gasteiger partial charge on any atom is -0.450 e. The molecule has 1 saturated heterocycles. The minimum atomic E-state index is -0.323. The number of carbonyl (C=O) groups is 2. The van der Waals surface area contributed by atoms with Gasteiger partial charge in [0.25, 0.3) is 0 Å². The number of aryl methyl sites for hydroxylation is 1. The number of aromatic nitrogens is 5. The second-order valence-electron chi connectivity index (χ2n) is 5.61. The number of rotatable bonds is 5. The summed E-state index contributed by atoms with van der Waals surface area (Å²) in [6.07, 6.45) is 1.14. The van der Waals surface area contributed by atoms with Crippen LogP contribution >= 0.6 is 11.8 Å². The van der Waals surface area contributed by atoms with Gasteiger partial charge in [0.1, 0.15) is 11.4 Å². The number of nitrogens with zero attached hydrogens (tertiary/aromatic N) is 7. The van der Waals surface area contributed by atoms with Gasteiger partial charge >= 0.3 is 6.09 Å². The standard InChI is InChI=1S/C15H21N7O3S/c1-3-22-13-12(18-19-22)14(17-10-16-13)26-9-11(23)20-5-7-21(8-6-20)15(24)25-4-2/h10H,3-9H2,1-2H3. The zero-order valence-corrected chi connectivity index (χ0v) is 15.6. The molecule has 0 N–H and O–H groups in total. The van der Waals surface area contributed by atoms with Crippen LogP contribution in [0.1, 0.15) is 13.8 Å². The number of carbonyl (C=O) groups excluding carboxylic acids is 2. The number of fused-ring (bicyclic) bond motifs is 1. The first kappa shape index (κ1) is 18.4. The van der Waals surface area contributed by atoms with E-state index in [0.29, 0.717) is 55.5 Å². The van der Waals surface area contributed by atoms with Crippen molar-refractivity contribution in [1.29, 1.82) is 0 Å². The molecule has 0 aromatic carbocycles. The van der Waals surface area contributed by atoms with Crippen molar-refractivity contribution in [2.24, 2.45) is 0 Å². The maximum absolute atomic E-state index is 12.5. The van der Waals surface area contributed by atoms with Crippen LogP contribution in [0.15, 0.2) is 11.4 Å². The Morgan fingerprint density at radius 1 is 1.15 bits per heavy atom. The molecule has 3 heterocycles. The Labute approximate surface area is 154 Å². The molecule has 1 aliphatic heterocycles. The van der Waals surface area contributed by atoms with Gasteiger partial charge in [-0.3, -0.25) is 4.79 Å². The first-order valence-electron chi connectivity index (χ1n) is 8.50. The highest BCUT2D eigenvalue weighted by molar-refractivity contribution is 8.00. The van der Waals surface area contributed by atoms with E-state index in [2.05, 4.69) is 20.3 Å². The van der Waals surface area contributed by atoms with Gasteiger partial charge in [-0.1, -0.05) is 17.0 Å². The maximum atomic E-state index is 12.5. The van der Waals surface area contributed by atoms with E-state index >= 15 is 0 Å². The van der Waals surface area contributed by atoms with Gasteiger partial charge in [-0.05, 0) is 13.8 Å². The lowest BCUT2D eigenvalue weighted by atomic mass is 10.3. The molecule has 0 aliphatic carbocycles. The third kappa shape index (κ3) is 3.87. The molecule has 11 heteroatoms. The first-order valence-corrected chi connectivity index (χ1v) is 9.49. The second kappa shape index (κ2) is 8.30. The third-order valence-corrected chi connectivity index (χ3v) is 5.02. The second-order valence-corrected chi connectivity index (χ2v) is 6.58. The molecule has 2 amide bonds. The molecule has 0 saturated carbocycles. The summed E-state index contributed by atoms with van der Waals surface area (Å²) in [4.78, 5) is 36.0. The monoisotopic (exact) mass is 379 g/mol. The average Bonchev–Trinajstić information content (AvgIpc) is 3.10. The summed E-state index contributed by atoms with van der Waals surface area (Å²) in [6.45, 7) is 6.73. The topological polar surface area (TPSA) is 106 Å². The van der Waals surface area contributed by atoms with Gasteiger partial charge in [0.15, 0.2) is 11.2 Å². The largest absolute Gasteiger partial charge is 0.450 e. The van der Waals surface area contributed by atoms with Crippen molar-refractivity contribution in [3.63, 3.8) is 0 Å². The zero-order chi connectivity index (χ0) is 18.5. The molecule has 10 nitrogen and oxygen atoms in total.